The van der Waals surface area contributed by atoms with E-state index in [1.165, 1.54) is 0 Å². The van der Waals surface area contributed by atoms with Crippen LogP contribution in [0.25, 0.3) is 0 Å². The minimum Gasteiger partial charge on any atom is -0.303 e. The highest BCUT2D eigenvalue weighted by molar-refractivity contribution is 5.26. The van der Waals surface area contributed by atoms with E-state index >= 15 is 0 Å². The topological polar surface area (TPSA) is 66.5 Å². The van der Waals surface area contributed by atoms with Crippen molar-refractivity contribution in [2.24, 2.45) is 0 Å². The van der Waals surface area contributed by atoms with Gasteiger partial charge in [-0.15, -0.1) is 10.2 Å². The van der Waals surface area contributed by atoms with Crippen molar-refractivity contribution in [1.29, 1.82) is 0 Å². The van der Waals surface area contributed by atoms with E-state index in [1.807, 2.05) is 0 Å². The van der Waals surface area contributed by atoms with E-state index in [9.17, 15) is 17.6 Å². The number of hydrogen-bond donors (Lipinski definition) is 2. The highest BCUT2D eigenvalue weighted by Gasteiger charge is 2.31. The molecular formula is C11H11F4N5. The molecule has 0 amide bonds. The van der Waals surface area contributed by atoms with Gasteiger partial charge in [-0.3, -0.25) is 0 Å². The fraction of sp³-hybridized carbons (Fsp3) is 0.364. The maximum absolute atomic E-state index is 13.2. The molecule has 2 N–H and O–H groups in total. The number of rotatable bonds is 4. The van der Waals surface area contributed by atoms with E-state index < -0.39 is 17.6 Å². The lowest BCUT2D eigenvalue weighted by Gasteiger charge is -2.12. The summed E-state index contributed by atoms with van der Waals surface area (Å²) in [6.07, 6.45) is -4.57. The van der Waals surface area contributed by atoms with Crippen LogP contribution in [0.3, 0.4) is 0 Å². The number of hydrogen-bond acceptors (Lipinski definition) is 4. The third-order valence-corrected chi connectivity index (χ3v) is 2.65. The Balaban J connectivity index is 2.08. The predicted molar refractivity (Wildman–Crippen MR) is 60.8 cm³/mol. The first kappa shape index (κ1) is 14.4. The Morgan fingerprint density at radius 2 is 2.05 bits per heavy atom. The Bertz CT molecular complexity index is 567. The van der Waals surface area contributed by atoms with Gasteiger partial charge in [-0.05, 0) is 30.7 Å². The number of benzene rings is 1. The number of tetrazole rings is 1. The molecule has 0 aliphatic rings. The monoisotopic (exact) mass is 289 g/mol. The number of nitrogens with one attached hydrogen (secondary N) is 2. The van der Waals surface area contributed by atoms with Gasteiger partial charge in [0.2, 0.25) is 0 Å². The molecule has 1 aromatic carbocycles. The van der Waals surface area contributed by atoms with Crippen molar-refractivity contribution in [3.8, 4) is 0 Å². The molecule has 1 aromatic heterocycles. The highest BCUT2D eigenvalue weighted by Crippen LogP contribution is 2.30. The second-order valence-electron chi connectivity index (χ2n) is 4.22. The summed E-state index contributed by atoms with van der Waals surface area (Å²) in [4.78, 5) is 0. The molecule has 0 fully saturated rings. The molecule has 5 nitrogen and oxygen atoms in total. The summed E-state index contributed by atoms with van der Waals surface area (Å²) < 4.78 is 50.8. The lowest BCUT2D eigenvalue weighted by molar-refractivity contribution is -0.137. The first-order valence-corrected chi connectivity index (χ1v) is 5.69. The molecule has 2 aromatic rings. The van der Waals surface area contributed by atoms with Crippen LogP contribution in [0.1, 0.15) is 29.9 Å². The molecule has 0 aliphatic carbocycles. The smallest absolute Gasteiger partial charge is 0.303 e. The zero-order valence-corrected chi connectivity index (χ0v) is 10.4. The summed E-state index contributed by atoms with van der Waals surface area (Å²) in [7, 11) is 0. The summed E-state index contributed by atoms with van der Waals surface area (Å²) in [6, 6.07) is 2.09. The second-order valence-corrected chi connectivity index (χ2v) is 4.22. The first-order chi connectivity index (χ1) is 9.36. The molecule has 0 spiro atoms. The second kappa shape index (κ2) is 5.53. The van der Waals surface area contributed by atoms with Crippen LogP contribution < -0.4 is 5.32 Å². The van der Waals surface area contributed by atoms with Gasteiger partial charge in [0, 0.05) is 6.54 Å². The van der Waals surface area contributed by atoms with Gasteiger partial charge in [0.25, 0.3) is 0 Å². The van der Waals surface area contributed by atoms with Crippen LogP contribution in [-0.2, 0) is 12.7 Å². The zero-order chi connectivity index (χ0) is 14.8. The molecule has 0 bridgehead atoms. The average molecular weight is 289 g/mol. The van der Waals surface area contributed by atoms with Gasteiger partial charge in [0.15, 0.2) is 5.82 Å². The third-order valence-electron chi connectivity index (χ3n) is 2.65. The molecular weight excluding hydrogens is 278 g/mol. The Morgan fingerprint density at radius 1 is 1.30 bits per heavy atom. The molecule has 0 aliphatic heterocycles. The number of aromatic nitrogens is 4. The number of aromatic amines is 1. The van der Waals surface area contributed by atoms with Crippen molar-refractivity contribution in [2.75, 3.05) is 0 Å². The molecule has 0 radical (unpaired) electrons. The van der Waals surface area contributed by atoms with Gasteiger partial charge in [0.05, 0.1) is 11.6 Å². The highest BCUT2D eigenvalue weighted by atomic mass is 19.4. The van der Waals surface area contributed by atoms with Crippen molar-refractivity contribution in [3.05, 3.63) is 41.0 Å². The molecule has 1 atom stereocenters. The SMILES string of the molecule is CC(NCc1cc(F)cc(C(F)(F)F)c1)c1nn[nH]n1. The molecule has 108 valence electrons. The largest absolute Gasteiger partial charge is 0.416 e. The van der Waals surface area contributed by atoms with Gasteiger partial charge in [-0.1, -0.05) is 5.21 Å². The van der Waals surface area contributed by atoms with Gasteiger partial charge in [0.1, 0.15) is 5.82 Å². The molecule has 1 unspecified atom stereocenters. The van der Waals surface area contributed by atoms with Crippen molar-refractivity contribution in [3.63, 3.8) is 0 Å². The lowest BCUT2D eigenvalue weighted by atomic mass is 10.1. The summed E-state index contributed by atoms with van der Waals surface area (Å²) in [5.41, 5.74) is -0.825. The maximum Gasteiger partial charge on any atom is 0.416 e. The van der Waals surface area contributed by atoms with E-state index in [1.54, 1.807) is 6.92 Å². The van der Waals surface area contributed by atoms with Crippen LogP contribution in [0.5, 0.6) is 0 Å². The molecule has 20 heavy (non-hydrogen) atoms. The summed E-state index contributed by atoms with van der Waals surface area (Å²) >= 11 is 0. The van der Waals surface area contributed by atoms with Crippen LogP contribution in [0.4, 0.5) is 17.6 Å². The Morgan fingerprint density at radius 3 is 2.65 bits per heavy atom. The standard InChI is InChI=1S/C11H11F4N5/c1-6(10-17-19-20-18-10)16-5-7-2-8(11(13,14)15)4-9(12)3-7/h2-4,6,16H,5H2,1H3,(H,17,18,19,20). The number of halogens is 4. The quantitative estimate of drug-likeness (QED) is 0.847. The molecule has 0 saturated heterocycles. The first-order valence-electron chi connectivity index (χ1n) is 5.69. The van der Waals surface area contributed by atoms with E-state index in [2.05, 4.69) is 25.9 Å². The number of alkyl halides is 3. The summed E-state index contributed by atoms with van der Waals surface area (Å²) in [6.45, 7) is 1.77. The van der Waals surface area contributed by atoms with Gasteiger partial charge >= 0.3 is 6.18 Å². The van der Waals surface area contributed by atoms with Crippen molar-refractivity contribution >= 4 is 0 Å². The summed E-state index contributed by atoms with van der Waals surface area (Å²) in [5, 5.41) is 16.0. The van der Waals surface area contributed by atoms with Gasteiger partial charge in [-0.2, -0.15) is 18.4 Å². The fourth-order valence-electron chi connectivity index (χ4n) is 1.63. The van der Waals surface area contributed by atoms with Crippen molar-refractivity contribution in [2.45, 2.75) is 25.7 Å². The van der Waals surface area contributed by atoms with Crippen LogP contribution in [0.2, 0.25) is 0 Å². The van der Waals surface area contributed by atoms with Gasteiger partial charge in [-0.25, -0.2) is 4.39 Å². The third kappa shape index (κ3) is 3.50. The van der Waals surface area contributed by atoms with Crippen LogP contribution >= 0.6 is 0 Å². The molecule has 1 heterocycles. The van der Waals surface area contributed by atoms with Crippen LogP contribution in [0.15, 0.2) is 18.2 Å². The van der Waals surface area contributed by atoms with Gasteiger partial charge < -0.3 is 5.32 Å². The van der Waals surface area contributed by atoms with Crippen molar-refractivity contribution in [1.82, 2.24) is 25.9 Å². The van der Waals surface area contributed by atoms with Crippen LogP contribution in [-0.4, -0.2) is 20.6 Å². The summed E-state index contributed by atoms with van der Waals surface area (Å²) in [5.74, 6) is -0.554. The Kier molecular flexibility index (Phi) is 3.98. The van der Waals surface area contributed by atoms with E-state index in [0.717, 1.165) is 12.1 Å². The zero-order valence-electron chi connectivity index (χ0n) is 10.4. The minimum absolute atomic E-state index is 0.0521. The maximum atomic E-state index is 13.2. The predicted octanol–water partition coefficient (Wildman–Crippen LogP) is 2.21. The van der Waals surface area contributed by atoms with Crippen LogP contribution in [0, 0.1) is 5.82 Å². The van der Waals surface area contributed by atoms with E-state index in [0.29, 0.717) is 11.9 Å². The average Bonchev–Trinajstić information content (AvgIpc) is 2.88. The van der Waals surface area contributed by atoms with E-state index in [4.69, 9.17) is 0 Å². The normalized spacial score (nSPS) is 13.4. The fourth-order valence-corrected chi connectivity index (χ4v) is 1.63. The minimum atomic E-state index is -4.57. The molecule has 0 saturated carbocycles. The Labute approximate surface area is 111 Å². The lowest BCUT2D eigenvalue weighted by Crippen LogP contribution is -2.20. The Hall–Kier alpha value is -2.03. The van der Waals surface area contributed by atoms with Crippen molar-refractivity contribution < 1.29 is 17.6 Å². The molecule has 2 rings (SSSR count). The van der Waals surface area contributed by atoms with E-state index in [-0.39, 0.29) is 18.2 Å². The molecule has 9 heteroatoms. The number of H-pyrrole nitrogens is 1. The number of nitrogens with zero attached hydrogens (tertiary/aromatic N) is 3.